The van der Waals surface area contributed by atoms with Gasteiger partial charge in [-0.15, -0.1) is 24.0 Å². The summed E-state index contributed by atoms with van der Waals surface area (Å²) in [6.07, 6.45) is 1.70. The first-order valence-corrected chi connectivity index (χ1v) is 6.81. The van der Waals surface area contributed by atoms with E-state index in [0.29, 0.717) is 18.1 Å². The minimum atomic E-state index is -0.193. The fourth-order valence-electron chi connectivity index (χ4n) is 1.92. The van der Waals surface area contributed by atoms with Crippen molar-refractivity contribution in [1.29, 1.82) is 0 Å². The highest BCUT2D eigenvalue weighted by Crippen LogP contribution is 2.16. The Morgan fingerprint density at radius 2 is 2.18 bits per heavy atom. The Morgan fingerprint density at radius 1 is 1.41 bits per heavy atom. The lowest BCUT2D eigenvalue weighted by Crippen LogP contribution is -2.38. The Kier molecular flexibility index (Phi) is 7.30. The summed E-state index contributed by atoms with van der Waals surface area (Å²) in [7, 11) is 1.70. The Morgan fingerprint density at radius 3 is 2.77 bits per heavy atom. The third kappa shape index (κ3) is 4.97. The normalized spacial score (nSPS) is 12.5. The summed E-state index contributed by atoms with van der Waals surface area (Å²) in [5, 5.41) is 13.2. The second kappa shape index (κ2) is 8.72. The van der Waals surface area contributed by atoms with Gasteiger partial charge in [0.15, 0.2) is 5.96 Å². The van der Waals surface area contributed by atoms with E-state index in [1.165, 1.54) is 0 Å². The summed E-state index contributed by atoms with van der Waals surface area (Å²) in [6.45, 7) is 4.31. The number of rotatable bonds is 4. The number of hydrogen-bond donors (Lipinski definition) is 3. The lowest BCUT2D eigenvalue weighted by atomic mass is 10.1. The van der Waals surface area contributed by atoms with Crippen LogP contribution in [0.5, 0.6) is 0 Å². The van der Waals surface area contributed by atoms with E-state index in [1.54, 1.807) is 32.3 Å². The Bertz CT molecular complexity index is 612. The highest BCUT2D eigenvalue weighted by molar-refractivity contribution is 14.0. The van der Waals surface area contributed by atoms with Crippen LogP contribution in [-0.2, 0) is 6.54 Å². The summed E-state index contributed by atoms with van der Waals surface area (Å²) in [6, 6.07) is 7.09. The number of aryl methyl sites for hydroxylation is 1. The summed E-state index contributed by atoms with van der Waals surface area (Å²) < 4.78 is 13.6. The number of guanidine groups is 1. The number of benzene rings is 1. The lowest BCUT2D eigenvalue weighted by molar-refractivity contribution is 0.607. The first-order valence-electron chi connectivity index (χ1n) is 6.81. The minimum Gasteiger partial charge on any atom is -0.351 e. The quantitative estimate of drug-likeness (QED) is 0.407. The van der Waals surface area contributed by atoms with Crippen LogP contribution in [0.2, 0.25) is 0 Å². The number of halogens is 2. The molecule has 0 aliphatic carbocycles. The first-order chi connectivity index (χ1) is 10.1. The van der Waals surface area contributed by atoms with Gasteiger partial charge in [0.1, 0.15) is 5.82 Å². The average molecular weight is 417 g/mol. The van der Waals surface area contributed by atoms with Crippen molar-refractivity contribution in [2.75, 3.05) is 7.05 Å². The standard InChI is InChI=1S/C15H20FN5.HI/c1-10-4-5-12(8-14(10)16)11(2)20-15(17-3)18-9-13-6-7-19-21-13;/h4-8,11H,9H2,1-3H3,(H,19,21)(H2,17,18,20);1H. The molecule has 7 heteroatoms. The number of nitrogens with one attached hydrogen (secondary N) is 3. The molecule has 0 aliphatic rings. The average Bonchev–Trinajstić information content (AvgIpc) is 2.99. The van der Waals surface area contributed by atoms with E-state index in [0.717, 1.165) is 11.3 Å². The summed E-state index contributed by atoms with van der Waals surface area (Å²) in [5.74, 6) is 0.458. The molecular weight excluding hydrogens is 396 g/mol. The van der Waals surface area contributed by atoms with Gasteiger partial charge < -0.3 is 10.6 Å². The van der Waals surface area contributed by atoms with Crippen molar-refractivity contribution >= 4 is 29.9 Å². The fourth-order valence-corrected chi connectivity index (χ4v) is 1.92. The van der Waals surface area contributed by atoms with Gasteiger partial charge in [0.2, 0.25) is 0 Å². The van der Waals surface area contributed by atoms with E-state index in [2.05, 4.69) is 25.8 Å². The van der Waals surface area contributed by atoms with Crippen LogP contribution in [0, 0.1) is 12.7 Å². The van der Waals surface area contributed by atoms with E-state index in [1.807, 2.05) is 19.1 Å². The van der Waals surface area contributed by atoms with Gasteiger partial charge in [-0.2, -0.15) is 5.10 Å². The Labute approximate surface area is 146 Å². The molecule has 22 heavy (non-hydrogen) atoms. The van der Waals surface area contributed by atoms with Gasteiger partial charge in [-0.1, -0.05) is 12.1 Å². The molecule has 5 nitrogen and oxygen atoms in total. The number of aromatic amines is 1. The molecule has 120 valence electrons. The molecule has 0 spiro atoms. The molecule has 0 amide bonds. The molecule has 0 fully saturated rings. The molecule has 0 saturated carbocycles. The molecule has 1 heterocycles. The van der Waals surface area contributed by atoms with Crippen molar-refractivity contribution < 1.29 is 4.39 Å². The van der Waals surface area contributed by atoms with Gasteiger partial charge in [0.25, 0.3) is 0 Å². The van der Waals surface area contributed by atoms with Crippen molar-refractivity contribution in [3.63, 3.8) is 0 Å². The van der Waals surface area contributed by atoms with E-state index in [-0.39, 0.29) is 35.8 Å². The molecule has 0 saturated heterocycles. The van der Waals surface area contributed by atoms with Crippen LogP contribution in [0.1, 0.15) is 29.8 Å². The highest BCUT2D eigenvalue weighted by Gasteiger charge is 2.09. The number of aliphatic imine (C=N–C) groups is 1. The molecule has 1 unspecified atom stereocenters. The second-order valence-electron chi connectivity index (χ2n) is 4.88. The lowest BCUT2D eigenvalue weighted by Gasteiger charge is -2.18. The number of aromatic nitrogens is 2. The van der Waals surface area contributed by atoms with Crippen LogP contribution in [0.3, 0.4) is 0 Å². The molecule has 1 aromatic heterocycles. The van der Waals surface area contributed by atoms with Crippen LogP contribution in [-0.4, -0.2) is 23.2 Å². The number of nitrogens with zero attached hydrogens (tertiary/aromatic N) is 2. The first kappa shape index (κ1) is 18.4. The topological polar surface area (TPSA) is 65.1 Å². The number of hydrogen-bond acceptors (Lipinski definition) is 2. The maximum absolute atomic E-state index is 13.6. The van der Waals surface area contributed by atoms with Gasteiger partial charge in [-0.05, 0) is 37.1 Å². The molecule has 0 radical (unpaired) electrons. The van der Waals surface area contributed by atoms with Crippen molar-refractivity contribution in [3.8, 4) is 0 Å². The molecule has 2 rings (SSSR count). The third-order valence-electron chi connectivity index (χ3n) is 3.28. The number of H-pyrrole nitrogens is 1. The monoisotopic (exact) mass is 417 g/mol. The van der Waals surface area contributed by atoms with Crippen molar-refractivity contribution in [2.45, 2.75) is 26.4 Å². The van der Waals surface area contributed by atoms with Crippen LogP contribution in [0.15, 0.2) is 35.5 Å². The zero-order chi connectivity index (χ0) is 15.2. The zero-order valence-corrected chi connectivity index (χ0v) is 15.2. The summed E-state index contributed by atoms with van der Waals surface area (Å²) in [4.78, 5) is 4.16. The van der Waals surface area contributed by atoms with Crippen LogP contribution in [0.25, 0.3) is 0 Å². The predicted molar refractivity (Wildman–Crippen MR) is 96.9 cm³/mol. The summed E-state index contributed by atoms with van der Waals surface area (Å²) in [5.41, 5.74) is 2.49. The van der Waals surface area contributed by atoms with E-state index < -0.39 is 0 Å². The second-order valence-corrected chi connectivity index (χ2v) is 4.88. The van der Waals surface area contributed by atoms with Crippen LogP contribution >= 0.6 is 24.0 Å². The predicted octanol–water partition coefficient (Wildman–Crippen LogP) is 2.90. The highest BCUT2D eigenvalue weighted by atomic mass is 127. The van der Waals surface area contributed by atoms with E-state index >= 15 is 0 Å². The van der Waals surface area contributed by atoms with Crippen LogP contribution in [0.4, 0.5) is 4.39 Å². The molecule has 0 bridgehead atoms. The molecular formula is C15H21FIN5. The molecule has 1 atom stereocenters. The van der Waals surface area contributed by atoms with Gasteiger partial charge >= 0.3 is 0 Å². The Balaban J connectivity index is 0.00000242. The zero-order valence-electron chi connectivity index (χ0n) is 12.9. The molecule has 1 aromatic carbocycles. The molecule has 0 aliphatic heterocycles. The SMILES string of the molecule is CN=C(NCc1ccn[nH]1)NC(C)c1ccc(C)c(F)c1.I. The molecule has 2 aromatic rings. The molecule has 3 N–H and O–H groups in total. The van der Waals surface area contributed by atoms with Crippen molar-refractivity contribution in [2.24, 2.45) is 4.99 Å². The van der Waals surface area contributed by atoms with E-state index in [4.69, 9.17) is 0 Å². The smallest absolute Gasteiger partial charge is 0.191 e. The van der Waals surface area contributed by atoms with Gasteiger partial charge in [0.05, 0.1) is 18.3 Å². The fraction of sp³-hybridized carbons (Fsp3) is 0.333. The van der Waals surface area contributed by atoms with Crippen LogP contribution < -0.4 is 10.6 Å². The van der Waals surface area contributed by atoms with Gasteiger partial charge in [-0.25, -0.2) is 4.39 Å². The maximum Gasteiger partial charge on any atom is 0.191 e. The summed E-state index contributed by atoms with van der Waals surface area (Å²) >= 11 is 0. The van der Waals surface area contributed by atoms with Crippen molar-refractivity contribution in [1.82, 2.24) is 20.8 Å². The third-order valence-corrected chi connectivity index (χ3v) is 3.28. The van der Waals surface area contributed by atoms with Gasteiger partial charge in [-0.3, -0.25) is 10.1 Å². The maximum atomic E-state index is 13.6. The van der Waals surface area contributed by atoms with Crippen molar-refractivity contribution in [3.05, 3.63) is 53.1 Å². The minimum absolute atomic E-state index is 0. The van der Waals surface area contributed by atoms with E-state index in [9.17, 15) is 4.39 Å². The van der Waals surface area contributed by atoms with Gasteiger partial charge in [0, 0.05) is 13.2 Å². The largest absolute Gasteiger partial charge is 0.351 e. The Hall–Kier alpha value is -1.64.